The normalized spacial score (nSPS) is 19.8. The van der Waals surface area contributed by atoms with Crippen LogP contribution in [0.2, 0.25) is 0 Å². The van der Waals surface area contributed by atoms with E-state index >= 15 is 0 Å². The number of rotatable bonds is 6. The Balaban J connectivity index is 0.00000306. The lowest BCUT2D eigenvalue weighted by molar-refractivity contribution is 0.158. The highest BCUT2D eigenvalue weighted by atomic mass is 127. The van der Waals surface area contributed by atoms with Gasteiger partial charge in [-0.15, -0.1) is 24.0 Å². The highest BCUT2D eigenvalue weighted by Crippen LogP contribution is 2.35. The molecule has 0 amide bonds. The minimum Gasteiger partial charge on any atom is -0.496 e. The molecule has 4 rings (SSSR count). The summed E-state index contributed by atoms with van der Waals surface area (Å²) >= 11 is 0. The van der Waals surface area contributed by atoms with Crippen molar-refractivity contribution in [1.82, 2.24) is 15.5 Å². The number of nitrogens with one attached hydrogen (secondary N) is 2. The maximum absolute atomic E-state index is 5.93. The number of piperidine rings is 1. The van der Waals surface area contributed by atoms with Crippen molar-refractivity contribution in [3.8, 4) is 11.5 Å². The van der Waals surface area contributed by atoms with Crippen LogP contribution in [0.5, 0.6) is 11.5 Å². The van der Waals surface area contributed by atoms with Crippen molar-refractivity contribution in [2.24, 2.45) is 4.99 Å². The summed E-state index contributed by atoms with van der Waals surface area (Å²) in [5, 5.41) is 7.07. The first kappa shape index (κ1) is 25.6. The lowest BCUT2D eigenvalue weighted by Crippen LogP contribution is -2.48. The van der Waals surface area contributed by atoms with E-state index in [0.29, 0.717) is 18.6 Å². The number of likely N-dealkylation sites (tertiary alicyclic amines) is 1. The number of hydrogen-bond acceptors (Lipinski definition) is 4. The van der Waals surface area contributed by atoms with E-state index in [9.17, 15) is 0 Å². The number of halogens is 1. The van der Waals surface area contributed by atoms with Crippen LogP contribution in [0, 0.1) is 0 Å². The van der Waals surface area contributed by atoms with Crippen molar-refractivity contribution >= 4 is 29.9 Å². The molecule has 6 nitrogen and oxygen atoms in total. The van der Waals surface area contributed by atoms with E-state index in [1.807, 2.05) is 7.05 Å². The number of guanidine groups is 1. The summed E-state index contributed by atoms with van der Waals surface area (Å²) in [6.45, 7) is 7.20. The molecule has 1 fully saturated rings. The van der Waals surface area contributed by atoms with E-state index in [2.05, 4.69) is 76.8 Å². The first-order valence-electron chi connectivity index (χ1n) is 11.7. The average Bonchev–Trinajstić information content (AvgIpc) is 3.20. The summed E-state index contributed by atoms with van der Waals surface area (Å²) in [6, 6.07) is 15.9. The van der Waals surface area contributed by atoms with E-state index in [1.165, 1.54) is 11.1 Å². The highest BCUT2D eigenvalue weighted by molar-refractivity contribution is 14.0. The summed E-state index contributed by atoms with van der Waals surface area (Å²) in [5.74, 6) is 2.70. The molecule has 0 bridgehead atoms. The van der Waals surface area contributed by atoms with Gasteiger partial charge in [0.2, 0.25) is 0 Å². The third-order valence-electron chi connectivity index (χ3n) is 6.67. The predicted octanol–water partition coefficient (Wildman–Crippen LogP) is 4.53. The van der Waals surface area contributed by atoms with Crippen molar-refractivity contribution < 1.29 is 9.47 Å². The van der Waals surface area contributed by atoms with Gasteiger partial charge >= 0.3 is 0 Å². The van der Waals surface area contributed by atoms with Gasteiger partial charge in [0.15, 0.2) is 5.96 Å². The summed E-state index contributed by atoms with van der Waals surface area (Å²) in [4.78, 5) is 7.02. The van der Waals surface area contributed by atoms with Gasteiger partial charge in [-0.25, -0.2) is 0 Å². The third-order valence-corrected chi connectivity index (χ3v) is 6.67. The summed E-state index contributed by atoms with van der Waals surface area (Å²) < 4.78 is 11.6. The van der Waals surface area contributed by atoms with Gasteiger partial charge in [0.25, 0.3) is 0 Å². The van der Waals surface area contributed by atoms with Crippen LogP contribution in [0.3, 0.4) is 0 Å². The fourth-order valence-electron chi connectivity index (χ4n) is 4.75. The number of nitrogens with zero attached hydrogens (tertiary/aromatic N) is 2. The molecule has 2 atom stereocenters. The second-order valence-corrected chi connectivity index (χ2v) is 8.87. The number of hydrogen-bond donors (Lipinski definition) is 2. The zero-order valence-electron chi connectivity index (χ0n) is 20.1. The fourth-order valence-corrected chi connectivity index (χ4v) is 4.75. The highest BCUT2D eigenvalue weighted by Gasteiger charge is 2.25. The smallest absolute Gasteiger partial charge is 0.191 e. The number of benzene rings is 2. The summed E-state index contributed by atoms with van der Waals surface area (Å²) in [6.07, 6.45) is 3.37. The standard InChI is InChI=1S/C26H36N4O2.HI/c1-18-14-21-15-24(31-4)22(16-25(21)32-18)17-28-26(27-3)29-23-10-12-30(13-11-23)19(2)20-8-6-5-7-9-20;/h5-9,15-16,18-19,23H,10-14,17H2,1-4H3,(H2,27,28,29);1H. The average molecular weight is 565 g/mol. The van der Waals surface area contributed by atoms with Gasteiger partial charge in [-0.05, 0) is 44.4 Å². The molecule has 0 spiro atoms. The summed E-state index contributed by atoms with van der Waals surface area (Å²) in [7, 11) is 3.55. The Bertz CT molecular complexity index is 929. The van der Waals surface area contributed by atoms with E-state index in [1.54, 1.807) is 7.11 Å². The van der Waals surface area contributed by atoms with Crippen LogP contribution in [0.25, 0.3) is 0 Å². The number of ether oxygens (including phenoxy) is 2. The second-order valence-electron chi connectivity index (χ2n) is 8.87. The van der Waals surface area contributed by atoms with Crippen LogP contribution in [-0.4, -0.2) is 50.3 Å². The lowest BCUT2D eigenvalue weighted by atomic mass is 10.0. The molecule has 7 heteroatoms. The molecule has 0 aromatic heterocycles. The van der Waals surface area contributed by atoms with Crippen LogP contribution >= 0.6 is 24.0 Å². The van der Waals surface area contributed by atoms with Crippen molar-refractivity contribution in [2.45, 2.75) is 57.8 Å². The Hall–Kier alpha value is -2.00. The number of methoxy groups -OCH3 is 1. The van der Waals surface area contributed by atoms with Gasteiger partial charge in [-0.1, -0.05) is 30.3 Å². The molecule has 2 aromatic rings. The van der Waals surface area contributed by atoms with Gasteiger partial charge in [0.1, 0.15) is 17.6 Å². The van der Waals surface area contributed by atoms with Gasteiger partial charge in [0, 0.05) is 56.3 Å². The first-order valence-corrected chi connectivity index (χ1v) is 11.7. The second kappa shape index (κ2) is 11.9. The molecular weight excluding hydrogens is 527 g/mol. The maximum atomic E-state index is 5.93. The quantitative estimate of drug-likeness (QED) is 0.307. The van der Waals surface area contributed by atoms with Crippen LogP contribution < -0.4 is 20.1 Å². The van der Waals surface area contributed by atoms with Gasteiger partial charge in [0.05, 0.1) is 7.11 Å². The van der Waals surface area contributed by atoms with E-state index in [0.717, 1.165) is 55.4 Å². The molecule has 1 saturated heterocycles. The SMILES string of the molecule is CN=C(NCc1cc2c(cc1OC)CC(C)O2)NC1CCN(C(C)c2ccccc2)CC1.I. The van der Waals surface area contributed by atoms with Gasteiger partial charge < -0.3 is 20.1 Å². The topological polar surface area (TPSA) is 58.1 Å². The Kier molecular flexibility index (Phi) is 9.26. The summed E-state index contributed by atoms with van der Waals surface area (Å²) in [5.41, 5.74) is 3.69. The maximum Gasteiger partial charge on any atom is 0.191 e. The Morgan fingerprint density at radius 3 is 2.61 bits per heavy atom. The molecule has 2 heterocycles. The molecule has 33 heavy (non-hydrogen) atoms. The van der Waals surface area contributed by atoms with Crippen LogP contribution in [-0.2, 0) is 13.0 Å². The van der Waals surface area contributed by atoms with Crippen molar-refractivity contribution in [1.29, 1.82) is 0 Å². The van der Waals surface area contributed by atoms with Crippen LogP contribution in [0.4, 0.5) is 0 Å². The molecule has 2 N–H and O–H groups in total. The van der Waals surface area contributed by atoms with Crippen molar-refractivity contribution in [2.75, 3.05) is 27.2 Å². The van der Waals surface area contributed by atoms with Crippen molar-refractivity contribution in [3.63, 3.8) is 0 Å². The monoisotopic (exact) mass is 564 g/mol. The fraction of sp³-hybridized carbons (Fsp3) is 0.500. The van der Waals surface area contributed by atoms with Gasteiger partial charge in [-0.3, -0.25) is 9.89 Å². The molecule has 180 valence electrons. The zero-order chi connectivity index (χ0) is 22.5. The third kappa shape index (κ3) is 6.32. The lowest BCUT2D eigenvalue weighted by Gasteiger charge is -2.37. The minimum absolute atomic E-state index is 0. The predicted molar refractivity (Wildman–Crippen MR) is 145 cm³/mol. The first-order chi connectivity index (χ1) is 15.6. The molecule has 0 saturated carbocycles. The molecule has 2 unspecified atom stereocenters. The molecular formula is C26H37IN4O2. The Labute approximate surface area is 215 Å². The molecule has 0 aliphatic carbocycles. The molecule has 2 aromatic carbocycles. The Morgan fingerprint density at radius 1 is 1.21 bits per heavy atom. The Morgan fingerprint density at radius 2 is 1.94 bits per heavy atom. The molecule has 2 aliphatic rings. The van der Waals surface area contributed by atoms with E-state index in [4.69, 9.17) is 9.47 Å². The number of fused-ring (bicyclic) bond motifs is 1. The van der Waals surface area contributed by atoms with Crippen molar-refractivity contribution in [3.05, 3.63) is 59.2 Å². The number of aliphatic imine (C=N–C) groups is 1. The van der Waals surface area contributed by atoms with Gasteiger partial charge in [-0.2, -0.15) is 0 Å². The van der Waals surface area contributed by atoms with Crippen LogP contribution in [0.1, 0.15) is 49.4 Å². The molecule has 2 aliphatic heterocycles. The largest absolute Gasteiger partial charge is 0.496 e. The van der Waals surface area contributed by atoms with Crippen LogP contribution in [0.15, 0.2) is 47.5 Å². The molecule has 0 radical (unpaired) electrons. The minimum atomic E-state index is 0. The zero-order valence-corrected chi connectivity index (χ0v) is 22.5. The van der Waals surface area contributed by atoms with E-state index in [-0.39, 0.29) is 30.1 Å². The van der Waals surface area contributed by atoms with E-state index < -0.39 is 0 Å².